The van der Waals surface area contributed by atoms with Gasteiger partial charge in [-0.3, -0.25) is 0 Å². The van der Waals surface area contributed by atoms with Crippen molar-refractivity contribution in [2.75, 3.05) is 6.61 Å². The summed E-state index contributed by atoms with van der Waals surface area (Å²) in [5, 5.41) is 9.44. The number of hydrogen-bond donors (Lipinski definition) is 1. The molecule has 1 aromatic heterocycles. The van der Waals surface area contributed by atoms with Crippen LogP contribution >= 0.6 is 23.2 Å². The van der Waals surface area contributed by atoms with E-state index in [4.69, 9.17) is 33.0 Å². The van der Waals surface area contributed by atoms with Gasteiger partial charge in [-0.1, -0.05) is 23.2 Å². The molecule has 0 unspecified atom stereocenters. The number of rotatable bonds is 6. The first-order valence-corrected chi connectivity index (χ1v) is 6.80. The zero-order valence-electron chi connectivity index (χ0n) is 10.9. The van der Waals surface area contributed by atoms with Crippen molar-refractivity contribution in [3.05, 3.63) is 52.5 Å². The zero-order chi connectivity index (χ0) is 15.2. The van der Waals surface area contributed by atoms with Crippen LogP contribution in [0.2, 0.25) is 10.0 Å². The number of halogens is 2. The molecule has 1 N–H and O–H groups in total. The van der Waals surface area contributed by atoms with Gasteiger partial charge in [0.2, 0.25) is 0 Å². The van der Waals surface area contributed by atoms with Crippen molar-refractivity contribution in [2.45, 2.75) is 6.54 Å². The fourth-order valence-electron chi connectivity index (χ4n) is 1.69. The van der Waals surface area contributed by atoms with E-state index in [9.17, 15) is 4.79 Å². The number of ether oxygens (including phenoxy) is 1. The maximum atomic E-state index is 10.6. The number of hydrogen-bond acceptors (Lipinski definition) is 3. The minimum absolute atomic E-state index is 0.332. The highest BCUT2D eigenvalue weighted by molar-refractivity contribution is 6.35. The predicted molar refractivity (Wildman–Crippen MR) is 80.9 cm³/mol. The molecular weight excluding hydrogens is 315 g/mol. The van der Waals surface area contributed by atoms with Crippen LogP contribution in [0.4, 0.5) is 0 Å². The summed E-state index contributed by atoms with van der Waals surface area (Å²) in [6, 6.07) is 3.15. The molecule has 0 aliphatic rings. The largest absolute Gasteiger partial charge is 0.490 e. The lowest BCUT2D eigenvalue weighted by Gasteiger charge is -2.12. The van der Waals surface area contributed by atoms with Gasteiger partial charge in [-0.25, -0.2) is 9.78 Å². The Kier molecular flexibility index (Phi) is 5.25. The molecule has 0 radical (unpaired) electrons. The number of imidazole rings is 1. The van der Waals surface area contributed by atoms with Crippen molar-refractivity contribution in [2.24, 2.45) is 0 Å². The first kappa shape index (κ1) is 15.4. The van der Waals surface area contributed by atoms with Gasteiger partial charge in [0.15, 0.2) is 0 Å². The first-order chi connectivity index (χ1) is 10.1. The van der Waals surface area contributed by atoms with E-state index < -0.39 is 5.97 Å². The molecular formula is C14H12Cl2N2O3. The quantitative estimate of drug-likeness (QED) is 0.826. The Hall–Kier alpha value is -1.98. The highest BCUT2D eigenvalue weighted by Crippen LogP contribution is 2.33. The number of aromatic nitrogens is 2. The Morgan fingerprint density at radius 3 is 2.90 bits per heavy atom. The van der Waals surface area contributed by atoms with Crippen molar-refractivity contribution in [3.63, 3.8) is 0 Å². The van der Waals surface area contributed by atoms with Crippen molar-refractivity contribution in [1.82, 2.24) is 9.55 Å². The maximum absolute atomic E-state index is 10.6. The van der Waals surface area contributed by atoms with E-state index in [0.29, 0.717) is 34.5 Å². The molecule has 0 amide bonds. The van der Waals surface area contributed by atoms with Gasteiger partial charge in [0, 0.05) is 29.1 Å². The van der Waals surface area contributed by atoms with Crippen LogP contribution < -0.4 is 4.74 Å². The summed E-state index contributed by atoms with van der Waals surface area (Å²) in [7, 11) is 0. The lowest BCUT2D eigenvalue weighted by atomic mass is 10.2. The molecule has 0 fully saturated rings. The molecule has 21 heavy (non-hydrogen) atoms. The second-order valence-corrected chi connectivity index (χ2v) is 4.97. The summed E-state index contributed by atoms with van der Waals surface area (Å²) in [5.41, 5.74) is 0.514. The van der Waals surface area contributed by atoms with Crippen LogP contribution in [0.1, 0.15) is 5.56 Å². The molecule has 110 valence electrons. The molecule has 2 aromatic rings. The van der Waals surface area contributed by atoms with E-state index in [1.54, 1.807) is 24.7 Å². The minimum atomic E-state index is -1.06. The summed E-state index contributed by atoms with van der Waals surface area (Å²) in [4.78, 5) is 14.6. The fraction of sp³-hybridized carbons (Fsp3) is 0.143. The summed E-state index contributed by atoms with van der Waals surface area (Å²) in [6.45, 7) is 0.965. The SMILES string of the molecule is O=C(O)/C=C/c1cc(Cl)cc(Cl)c1OCCn1ccnc1. The van der Waals surface area contributed by atoms with Gasteiger partial charge in [0.25, 0.3) is 0 Å². The molecule has 1 aromatic carbocycles. The van der Waals surface area contributed by atoms with Gasteiger partial charge < -0.3 is 14.4 Å². The Morgan fingerprint density at radius 1 is 1.43 bits per heavy atom. The van der Waals surface area contributed by atoms with Crippen molar-refractivity contribution >= 4 is 35.2 Å². The molecule has 0 aliphatic carbocycles. The summed E-state index contributed by atoms with van der Waals surface area (Å²) >= 11 is 12.0. The van der Waals surface area contributed by atoms with Crippen LogP contribution in [0.5, 0.6) is 5.75 Å². The van der Waals surface area contributed by atoms with E-state index in [2.05, 4.69) is 4.98 Å². The van der Waals surface area contributed by atoms with Crippen LogP contribution in [0.25, 0.3) is 6.08 Å². The third-order valence-corrected chi connectivity index (χ3v) is 3.10. The predicted octanol–water partition coefficient (Wildman–Crippen LogP) is 3.37. The highest BCUT2D eigenvalue weighted by Gasteiger charge is 2.09. The molecule has 0 atom stereocenters. The molecule has 0 saturated heterocycles. The van der Waals surface area contributed by atoms with E-state index in [-0.39, 0.29) is 0 Å². The molecule has 7 heteroatoms. The summed E-state index contributed by atoms with van der Waals surface area (Å²) in [5.74, 6) is -0.658. The molecule has 0 aliphatic heterocycles. The third kappa shape index (κ3) is 4.51. The maximum Gasteiger partial charge on any atom is 0.328 e. The number of carboxylic acids is 1. The van der Waals surface area contributed by atoms with Gasteiger partial charge in [-0.15, -0.1) is 0 Å². The van der Waals surface area contributed by atoms with Crippen molar-refractivity contribution < 1.29 is 14.6 Å². The van der Waals surface area contributed by atoms with Crippen LogP contribution in [0.3, 0.4) is 0 Å². The Labute approximate surface area is 131 Å². The monoisotopic (exact) mass is 326 g/mol. The second kappa shape index (κ2) is 7.15. The molecule has 2 rings (SSSR count). The van der Waals surface area contributed by atoms with E-state index in [0.717, 1.165) is 6.08 Å². The van der Waals surface area contributed by atoms with Crippen LogP contribution in [0.15, 0.2) is 36.9 Å². The average Bonchev–Trinajstić information content (AvgIpc) is 2.92. The van der Waals surface area contributed by atoms with Crippen LogP contribution in [-0.4, -0.2) is 27.2 Å². The molecule has 0 bridgehead atoms. The fourth-order valence-corrected chi connectivity index (χ4v) is 2.25. The van der Waals surface area contributed by atoms with Gasteiger partial charge >= 0.3 is 5.97 Å². The standard InChI is InChI=1S/C14H12Cl2N2O3/c15-11-7-10(1-2-13(19)20)14(12(16)8-11)21-6-5-18-4-3-17-9-18/h1-4,7-9H,5-6H2,(H,19,20)/b2-1+. The smallest absolute Gasteiger partial charge is 0.328 e. The zero-order valence-corrected chi connectivity index (χ0v) is 12.4. The Bertz CT molecular complexity index is 654. The Balaban J connectivity index is 2.14. The van der Waals surface area contributed by atoms with Crippen LogP contribution in [-0.2, 0) is 11.3 Å². The van der Waals surface area contributed by atoms with Crippen LogP contribution in [0, 0.1) is 0 Å². The van der Waals surface area contributed by atoms with Gasteiger partial charge in [-0.2, -0.15) is 0 Å². The summed E-state index contributed by atoms with van der Waals surface area (Å²) < 4.78 is 7.50. The van der Waals surface area contributed by atoms with Crippen molar-refractivity contribution in [1.29, 1.82) is 0 Å². The van der Waals surface area contributed by atoms with E-state index in [1.807, 2.05) is 10.8 Å². The molecule has 0 saturated carbocycles. The van der Waals surface area contributed by atoms with Gasteiger partial charge in [-0.05, 0) is 18.2 Å². The lowest BCUT2D eigenvalue weighted by Crippen LogP contribution is -2.07. The van der Waals surface area contributed by atoms with E-state index >= 15 is 0 Å². The first-order valence-electron chi connectivity index (χ1n) is 6.05. The average molecular weight is 327 g/mol. The number of benzene rings is 1. The molecule has 0 spiro atoms. The second-order valence-electron chi connectivity index (χ2n) is 4.13. The number of nitrogens with zero attached hydrogens (tertiary/aromatic N) is 2. The number of carbonyl (C=O) groups is 1. The number of aliphatic carboxylic acids is 1. The highest BCUT2D eigenvalue weighted by atomic mass is 35.5. The lowest BCUT2D eigenvalue weighted by molar-refractivity contribution is -0.131. The summed E-state index contributed by atoms with van der Waals surface area (Å²) in [6.07, 6.45) is 7.57. The van der Waals surface area contributed by atoms with Gasteiger partial charge in [0.1, 0.15) is 12.4 Å². The third-order valence-electron chi connectivity index (χ3n) is 2.60. The van der Waals surface area contributed by atoms with Gasteiger partial charge in [0.05, 0.1) is 17.9 Å². The minimum Gasteiger partial charge on any atom is -0.490 e. The number of carboxylic acid groups (broad SMARTS) is 1. The normalized spacial score (nSPS) is 11.0. The molecule has 5 nitrogen and oxygen atoms in total. The van der Waals surface area contributed by atoms with Crippen molar-refractivity contribution in [3.8, 4) is 5.75 Å². The topological polar surface area (TPSA) is 64.3 Å². The Morgan fingerprint density at radius 2 is 2.24 bits per heavy atom. The molecule has 1 heterocycles. The van der Waals surface area contributed by atoms with E-state index in [1.165, 1.54) is 6.08 Å².